The van der Waals surface area contributed by atoms with E-state index < -0.39 is 12.2 Å². The molecule has 0 saturated heterocycles. The zero-order chi connectivity index (χ0) is 19.8. The van der Waals surface area contributed by atoms with Crippen molar-refractivity contribution in [1.82, 2.24) is 4.98 Å². The summed E-state index contributed by atoms with van der Waals surface area (Å²) >= 11 is 7.91. The summed E-state index contributed by atoms with van der Waals surface area (Å²) in [5, 5.41) is 10.9. The second kappa shape index (κ2) is 7.82. The maximum Gasteiger partial charge on any atom is 0.173 e. The smallest absolute Gasteiger partial charge is 0.173 e. The fraction of sp³-hybridized carbons (Fsp3) is 0.364. The summed E-state index contributed by atoms with van der Waals surface area (Å²) in [7, 11) is 0. The Morgan fingerprint density at radius 2 is 2.18 bits per heavy atom. The lowest BCUT2D eigenvalue weighted by Crippen LogP contribution is -2.21. The molecule has 6 heteroatoms. The van der Waals surface area contributed by atoms with E-state index in [9.17, 15) is 9.90 Å². The Bertz CT molecular complexity index is 1050. The third kappa shape index (κ3) is 3.54. The Balaban J connectivity index is 1.86. The second-order valence-corrected chi connectivity index (χ2v) is 8.73. The van der Waals surface area contributed by atoms with Crippen molar-refractivity contribution >= 4 is 38.9 Å². The summed E-state index contributed by atoms with van der Waals surface area (Å²) in [6.07, 6.45) is 3.71. The highest BCUT2D eigenvalue weighted by Gasteiger charge is 2.28. The summed E-state index contributed by atoms with van der Waals surface area (Å²) in [6, 6.07) is 7.62. The van der Waals surface area contributed by atoms with E-state index in [0.29, 0.717) is 23.6 Å². The Kier molecular flexibility index (Phi) is 5.41. The van der Waals surface area contributed by atoms with Gasteiger partial charge in [-0.15, -0.1) is 11.3 Å². The maximum atomic E-state index is 12.1. The van der Waals surface area contributed by atoms with Gasteiger partial charge in [0.15, 0.2) is 11.9 Å². The number of rotatable bonds is 5. The van der Waals surface area contributed by atoms with Gasteiger partial charge in [-0.2, -0.15) is 0 Å². The minimum Gasteiger partial charge on any atom is -0.482 e. The van der Waals surface area contributed by atoms with Crippen molar-refractivity contribution in [1.29, 1.82) is 0 Å². The predicted molar refractivity (Wildman–Crippen MR) is 113 cm³/mol. The third-order valence-corrected chi connectivity index (χ3v) is 6.66. The van der Waals surface area contributed by atoms with Gasteiger partial charge in [0.25, 0.3) is 0 Å². The monoisotopic (exact) mass is 415 g/mol. The molecule has 1 fully saturated rings. The van der Waals surface area contributed by atoms with Gasteiger partial charge in [0.05, 0.1) is 16.3 Å². The molecule has 1 N–H and O–H groups in total. The first-order valence-electron chi connectivity index (χ1n) is 9.54. The number of fused-ring (bicyclic) bond motifs is 1. The maximum absolute atomic E-state index is 12.1. The van der Waals surface area contributed by atoms with Crippen molar-refractivity contribution < 1.29 is 14.6 Å². The van der Waals surface area contributed by atoms with Gasteiger partial charge in [0, 0.05) is 33.6 Å². The molecule has 2 aromatic heterocycles. The normalized spacial score (nSPS) is 18.0. The third-order valence-electron chi connectivity index (χ3n) is 5.18. The number of benzene rings is 1. The molecule has 1 aromatic carbocycles. The number of carbonyl (C=O) groups excluding carboxylic acids is 1. The average Bonchev–Trinajstić information content (AvgIpc) is 3.29. The topological polar surface area (TPSA) is 59.4 Å². The van der Waals surface area contributed by atoms with Crippen molar-refractivity contribution in [3.63, 3.8) is 0 Å². The van der Waals surface area contributed by atoms with E-state index in [1.54, 1.807) is 6.20 Å². The number of aromatic nitrogens is 1. The van der Waals surface area contributed by atoms with Gasteiger partial charge in [-0.05, 0) is 56.0 Å². The Morgan fingerprint density at radius 3 is 2.89 bits per heavy atom. The van der Waals surface area contributed by atoms with Gasteiger partial charge in [0.2, 0.25) is 0 Å². The highest BCUT2D eigenvalue weighted by Crippen LogP contribution is 2.43. The van der Waals surface area contributed by atoms with Gasteiger partial charge >= 0.3 is 0 Å². The first-order valence-corrected chi connectivity index (χ1v) is 10.7. The SMILES string of the molecule is CCC(O)c1cc2nccc(-c3cc(Cl)cc(C)c3OC3CCCC3=O)c2s1. The van der Waals surface area contributed by atoms with Gasteiger partial charge in [-0.25, -0.2) is 0 Å². The lowest BCUT2D eigenvalue weighted by atomic mass is 10.0. The van der Waals surface area contributed by atoms with Gasteiger partial charge < -0.3 is 9.84 Å². The van der Waals surface area contributed by atoms with Crippen LogP contribution in [0.4, 0.5) is 0 Å². The first-order chi connectivity index (χ1) is 13.5. The van der Waals surface area contributed by atoms with Crippen LogP contribution >= 0.6 is 22.9 Å². The number of pyridine rings is 1. The van der Waals surface area contributed by atoms with E-state index in [4.69, 9.17) is 16.3 Å². The van der Waals surface area contributed by atoms with Crippen LogP contribution in [-0.2, 0) is 4.79 Å². The fourth-order valence-electron chi connectivity index (χ4n) is 3.67. The van der Waals surface area contributed by atoms with E-state index in [1.807, 2.05) is 38.1 Å². The number of aryl methyl sites for hydroxylation is 1. The molecule has 0 radical (unpaired) electrons. The number of ether oxygens (including phenoxy) is 1. The van der Waals surface area contributed by atoms with E-state index in [1.165, 1.54) is 11.3 Å². The molecular formula is C22H22ClNO3S. The highest BCUT2D eigenvalue weighted by atomic mass is 35.5. The molecule has 1 aliphatic rings. The second-order valence-electron chi connectivity index (χ2n) is 7.21. The molecule has 0 spiro atoms. The predicted octanol–water partition coefficient (Wildman–Crippen LogP) is 5.87. The van der Waals surface area contributed by atoms with Crippen LogP contribution in [0.3, 0.4) is 0 Å². The number of Topliss-reactive ketones (excluding diaryl/α,β-unsaturated/α-hetero) is 1. The van der Waals surface area contributed by atoms with Crippen LogP contribution in [0, 0.1) is 6.92 Å². The molecule has 4 nitrogen and oxygen atoms in total. The van der Waals surface area contributed by atoms with E-state index in [0.717, 1.165) is 44.6 Å². The van der Waals surface area contributed by atoms with E-state index >= 15 is 0 Å². The molecule has 4 rings (SSSR count). The van der Waals surface area contributed by atoms with Crippen LogP contribution < -0.4 is 4.74 Å². The van der Waals surface area contributed by atoms with Crippen molar-refractivity contribution in [2.24, 2.45) is 0 Å². The summed E-state index contributed by atoms with van der Waals surface area (Å²) in [5.41, 5.74) is 3.55. The first kappa shape index (κ1) is 19.4. The molecule has 1 aliphatic carbocycles. The zero-order valence-corrected chi connectivity index (χ0v) is 17.4. The number of aliphatic hydroxyl groups excluding tert-OH is 1. The molecular weight excluding hydrogens is 394 g/mol. The molecule has 0 amide bonds. The van der Waals surface area contributed by atoms with Crippen LogP contribution in [0.1, 0.15) is 49.2 Å². The summed E-state index contributed by atoms with van der Waals surface area (Å²) in [6.45, 7) is 3.90. The highest BCUT2D eigenvalue weighted by molar-refractivity contribution is 7.19. The number of carbonyl (C=O) groups is 1. The summed E-state index contributed by atoms with van der Waals surface area (Å²) in [4.78, 5) is 17.5. The van der Waals surface area contributed by atoms with Crippen LogP contribution in [0.2, 0.25) is 5.02 Å². The molecule has 146 valence electrons. The van der Waals surface area contributed by atoms with Crippen LogP contribution in [0.25, 0.3) is 21.3 Å². The number of thiophene rings is 1. The lowest BCUT2D eigenvalue weighted by Gasteiger charge is -2.19. The zero-order valence-electron chi connectivity index (χ0n) is 15.9. The fourth-order valence-corrected chi connectivity index (χ4v) is 5.16. The van der Waals surface area contributed by atoms with E-state index in [2.05, 4.69) is 4.98 Å². The van der Waals surface area contributed by atoms with Crippen molar-refractivity contribution in [2.75, 3.05) is 0 Å². The quantitative estimate of drug-likeness (QED) is 0.566. The molecule has 0 bridgehead atoms. The van der Waals surface area contributed by atoms with Crippen molar-refractivity contribution in [3.8, 4) is 16.9 Å². The van der Waals surface area contributed by atoms with E-state index in [-0.39, 0.29) is 5.78 Å². The van der Waals surface area contributed by atoms with Crippen molar-refractivity contribution in [3.05, 3.63) is 45.9 Å². The standard InChI is InChI=1S/C22H22ClNO3S/c1-3-17(25)20-11-16-22(28-20)14(7-8-24-16)15-10-13(23)9-12(2)21(15)27-19-6-4-5-18(19)26/h7-11,17,19,25H,3-6H2,1-2H3. The van der Waals surface area contributed by atoms with Gasteiger partial charge in [-0.3, -0.25) is 9.78 Å². The Labute approximate surface area is 173 Å². The number of halogens is 1. The van der Waals surface area contributed by atoms with Gasteiger partial charge in [0.1, 0.15) is 5.75 Å². The van der Waals surface area contributed by atoms with Gasteiger partial charge in [-0.1, -0.05) is 18.5 Å². The molecule has 3 aromatic rings. The van der Waals surface area contributed by atoms with Crippen molar-refractivity contribution in [2.45, 2.75) is 51.7 Å². The number of nitrogens with zero attached hydrogens (tertiary/aromatic N) is 1. The Hall–Kier alpha value is -1.95. The summed E-state index contributed by atoms with van der Waals surface area (Å²) < 4.78 is 7.19. The van der Waals surface area contributed by atoms with Crippen LogP contribution in [0.15, 0.2) is 30.5 Å². The molecule has 2 heterocycles. The number of hydrogen-bond donors (Lipinski definition) is 1. The molecule has 0 aliphatic heterocycles. The number of aliphatic hydroxyl groups is 1. The molecule has 28 heavy (non-hydrogen) atoms. The summed E-state index contributed by atoms with van der Waals surface area (Å²) in [5.74, 6) is 0.854. The molecule has 2 atom stereocenters. The number of hydrogen-bond acceptors (Lipinski definition) is 5. The Morgan fingerprint density at radius 1 is 1.36 bits per heavy atom. The van der Waals surface area contributed by atoms with Crippen LogP contribution in [-0.4, -0.2) is 22.0 Å². The lowest BCUT2D eigenvalue weighted by molar-refractivity contribution is -0.123. The average molecular weight is 416 g/mol. The number of ketones is 1. The largest absolute Gasteiger partial charge is 0.482 e. The molecule has 2 unspecified atom stereocenters. The van der Waals surface area contributed by atoms with Crippen LogP contribution in [0.5, 0.6) is 5.75 Å². The minimum atomic E-state index is -0.500. The molecule has 1 saturated carbocycles. The minimum absolute atomic E-state index is 0.157.